The molecule has 0 radical (unpaired) electrons. The fraction of sp³-hybridized carbons (Fsp3) is 0.250. The van der Waals surface area contributed by atoms with Crippen molar-refractivity contribution in [1.29, 1.82) is 0 Å². The molecule has 1 aliphatic carbocycles. The van der Waals surface area contributed by atoms with Crippen molar-refractivity contribution < 1.29 is 19.4 Å². The molecule has 3 aromatic rings. The summed E-state index contributed by atoms with van der Waals surface area (Å²) in [7, 11) is 1.63. The zero-order valence-electron chi connectivity index (χ0n) is 19.3. The molecular weight excluding hydrogens is 428 g/mol. The highest BCUT2D eigenvalue weighted by molar-refractivity contribution is 6.01. The SMILES string of the molecule is CCOc1ccc(C2CC(=O)C3=C(C2)Nc2ccccc2NC3c2ccc(O)cc2)cc1OC. The minimum absolute atomic E-state index is 0.0223. The Morgan fingerprint density at radius 2 is 1.68 bits per heavy atom. The van der Waals surface area contributed by atoms with Gasteiger partial charge in [0.15, 0.2) is 17.3 Å². The van der Waals surface area contributed by atoms with Crippen LogP contribution in [0.3, 0.4) is 0 Å². The lowest BCUT2D eigenvalue weighted by Crippen LogP contribution is -2.26. The van der Waals surface area contributed by atoms with Crippen LogP contribution in [0.15, 0.2) is 78.0 Å². The largest absolute Gasteiger partial charge is 0.508 e. The quantitative estimate of drug-likeness (QED) is 0.452. The van der Waals surface area contributed by atoms with Gasteiger partial charge in [0.1, 0.15) is 5.75 Å². The van der Waals surface area contributed by atoms with E-state index in [-0.39, 0.29) is 23.5 Å². The Bertz CT molecular complexity index is 1250. The summed E-state index contributed by atoms with van der Waals surface area (Å²) in [5, 5.41) is 16.9. The van der Waals surface area contributed by atoms with Gasteiger partial charge in [-0.3, -0.25) is 4.79 Å². The molecule has 0 aromatic heterocycles. The smallest absolute Gasteiger partial charge is 0.163 e. The predicted octanol–water partition coefficient (Wildman–Crippen LogP) is 5.78. The topological polar surface area (TPSA) is 79.8 Å². The van der Waals surface area contributed by atoms with Gasteiger partial charge in [0.25, 0.3) is 0 Å². The standard InChI is InChI=1S/C28H28N2O4/c1-3-34-25-13-10-18(16-26(25)33-2)19-14-23-27(24(32)15-19)28(17-8-11-20(31)12-9-17)30-22-7-5-4-6-21(22)29-23/h4-13,16,19,28-31H,3,14-15H2,1-2H3. The maximum Gasteiger partial charge on any atom is 0.163 e. The number of phenols is 1. The summed E-state index contributed by atoms with van der Waals surface area (Å²) in [6.07, 6.45) is 1.10. The summed E-state index contributed by atoms with van der Waals surface area (Å²) in [5.74, 6) is 1.70. The number of carbonyl (C=O) groups is 1. The van der Waals surface area contributed by atoms with E-state index in [2.05, 4.69) is 10.6 Å². The summed E-state index contributed by atoms with van der Waals surface area (Å²) in [4.78, 5) is 13.6. The van der Waals surface area contributed by atoms with Crippen molar-refractivity contribution in [3.8, 4) is 17.2 Å². The molecule has 2 unspecified atom stereocenters. The van der Waals surface area contributed by atoms with E-state index in [1.54, 1.807) is 19.2 Å². The number of hydrogen-bond donors (Lipinski definition) is 3. The molecule has 1 aliphatic heterocycles. The van der Waals surface area contributed by atoms with Gasteiger partial charge in [-0.25, -0.2) is 0 Å². The molecule has 2 aliphatic rings. The first-order valence-corrected chi connectivity index (χ1v) is 11.6. The summed E-state index contributed by atoms with van der Waals surface area (Å²) in [6.45, 7) is 2.50. The normalized spacial score (nSPS) is 19.3. The van der Waals surface area contributed by atoms with Gasteiger partial charge in [-0.1, -0.05) is 30.3 Å². The second-order valence-electron chi connectivity index (χ2n) is 8.60. The van der Waals surface area contributed by atoms with Crippen LogP contribution in [0, 0.1) is 0 Å². The Morgan fingerprint density at radius 3 is 2.41 bits per heavy atom. The molecule has 2 atom stereocenters. The van der Waals surface area contributed by atoms with Gasteiger partial charge in [-0.15, -0.1) is 0 Å². The number of benzene rings is 3. The van der Waals surface area contributed by atoms with Gasteiger partial charge in [0.2, 0.25) is 0 Å². The van der Waals surface area contributed by atoms with E-state index in [4.69, 9.17) is 9.47 Å². The number of nitrogens with one attached hydrogen (secondary N) is 2. The van der Waals surface area contributed by atoms with Crippen molar-refractivity contribution >= 4 is 17.2 Å². The van der Waals surface area contributed by atoms with E-state index in [1.165, 1.54) is 0 Å². The van der Waals surface area contributed by atoms with Crippen LogP contribution in [0.2, 0.25) is 0 Å². The van der Waals surface area contributed by atoms with E-state index < -0.39 is 0 Å². The van der Waals surface area contributed by atoms with Crippen LogP contribution in [0.25, 0.3) is 0 Å². The van der Waals surface area contributed by atoms with E-state index >= 15 is 0 Å². The van der Waals surface area contributed by atoms with Gasteiger partial charge in [-0.2, -0.15) is 0 Å². The number of allylic oxidation sites excluding steroid dienone is 1. The van der Waals surface area contributed by atoms with Crippen molar-refractivity contribution in [3.05, 3.63) is 89.1 Å². The molecule has 3 N–H and O–H groups in total. The molecule has 0 spiro atoms. The molecule has 6 nitrogen and oxygen atoms in total. The van der Waals surface area contributed by atoms with E-state index in [9.17, 15) is 9.90 Å². The second kappa shape index (κ2) is 9.14. The van der Waals surface area contributed by atoms with Crippen molar-refractivity contribution in [3.63, 3.8) is 0 Å². The van der Waals surface area contributed by atoms with Crippen LogP contribution < -0.4 is 20.1 Å². The zero-order chi connectivity index (χ0) is 23.7. The van der Waals surface area contributed by atoms with Crippen molar-refractivity contribution in [1.82, 2.24) is 0 Å². The van der Waals surface area contributed by atoms with Gasteiger partial charge in [-0.05, 0) is 66.8 Å². The first-order valence-electron chi connectivity index (χ1n) is 11.6. The minimum Gasteiger partial charge on any atom is -0.508 e. The minimum atomic E-state index is -0.310. The number of aromatic hydroxyl groups is 1. The fourth-order valence-corrected chi connectivity index (χ4v) is 4.86. The molecule has 0 bridgehead atoms. The third-order valence-corrected chi connectivity index (χ3v) is 6.49. The van der Waals surface area contributed by atoms with Gasteiger partial charge < -0.3 is 25.2 Å². The summed E-state index contributed by atoms with van der Waals surface area (Å²) in [5.41, 5.74) is 5.52. The van der Waals surface area contributed by atoms with E-state index in [1.807, 2.05) is 61.5 Å². The number of methoxy groups -OCH3 is 1. The number of anilines is 2. The Morgan fingerprint density at radius 1 is 0.941 bits per heavy atom. The van der Waals surface area contributed by atoms with E-state index in [0.717, 1.165) is 33.8 Å². The number of rotatable bonds is 5. The number of ether oxygens (including phenoxy) is 2. The Labute approximate surface area is 199 Å². The van der Waals surface area contributed by atoms with Gasteiger partial charge in [0, 0.05) is 17.7 Å². The third kappa shape index (κ3) is 4.07. The number of para-hydroxylation sites is 2. The third-order valence-electron chi connectivity index (χ3n) is 6.49. The average Bonchev–Trinajstić information content (AvgIpc) is 3.02. The maximum atomic E-state index is 13.6. The van der Waals surface area contributed by atoms with Crippen LogP contribution in [-0.2, 0) is 4.79 Å². The summed E-state index contributed by atoms with van der Waals surface area (Å²) >= 11 is 0. The molecule has 3 aromatic carbocycles. The number of Topliss-reactive ketones (excluding diaryl/α,β-unsaturated/α-hetero) is 1. The molecule has 0 saturated heterocycles. The van der Waals surface area contributed by atoms with Crippen LogP contribution in [0.1, 0.15) is 42.9 Å². The highest BCUT2D eigenvalue weighted by Gasteiger charge is 2.36. The highest BCUT2D eigenvalue weighted by Crippen LogP contribution is 2.45. The summed E-state index contributed by atoms with van der Waals surface area (Å²) in [6, 6.07) is 20.6. The Hall–Kier alpha value is -3.93. The number of phenolic OH excluding ortho intramolecular Hbond substituents is 1. The molecule has 5 rings (SSSR count). The summed E-state index contributed by atoms with van der Waals surface area (Å²) < 4.78 is 11.2. The fourth-order valence-electron chi connectivity index (χ4n) is 4.86. The van der Waals surface area contributed by atoms with Crippen LogP contribution in [-0.4, -0.2) is 24.6 Å². The average molecular weight is 457 g/mol. The van der Waals surface area contributed by atoms with E-state index in [0.29, 0.717) is 30.9 Å². The van der Waals surface area contributed by atoms with Gasteiger partial charge >= 0.3 is 0 Å². The number of hydrogen-bond acceptors (Lipinski definition) is 6. The van der Waals surface area contributed by atoms with Crippen molar-refractivity contribution in [2.24, 2.45) is 0 Å². The first-order chi connectivity index (χ1) is 16.6. The highest BCUT2D eigenvalue weighted by atomic mass is 16.5. The number of carbonyl (C=O) groups excluding carboxylic acids is 1. The second-order valence-corrected chi connectivity index (χ2v) is 8.60. The lowest BCUT2D eigenvalue weighted by atomic mass is 9.78. The Balaban J connectivity index is 1.55. The number of ketones is 1. The monoisotopic (exact) mass is 456 g/mol. The molecule has 174 valence electrons. The molecular formula is C28H28N2O4. The molecule has 0 fully saturated rings. The van der Waals surface area contributed by atoms with Crippen LogP contribution in [0.4, 0.5) is 11.4 Å². The lowest BCUT2D eigenvalue weighted by Gasteiger charge is -2.30. The zero-order valence-corrected chi connectivity index (χ0v) is 19.3. The lowest BCUT2D eigenvalue weighted by molar-refractivity contribution is -0.116. The van der Waals surface area contributed by atoms with Crippen LogP contribution in [0.5, 0.6) is 17.2 Å². The number of fused-ring (bicyclic) bond motifs is 1. The maximum absolute atomic E-state index is 13.6. The molecule has 0 amide bonds. The predicted molar refractivity (Wildman–Crippen MR) is 133 cm³/mol. The first kappa shape index (κ1) is 21.9. The van der Waals surface area contributed by atoms with Crippen molar-refractivity contribution in [2.75, 3.05) is 24.4 Å². The molecule has 6 heteroatoms. The Kier molecular flexibility index (Phi) is 5.88. The molecule has 0 saturated carbocycles. The molecule has 34 heavy (non-hydrogen) atoms. The van der Waals surface area contributed by atoms with Crippen LogP contribution >= 0.6 is 0 Å². The molecule has 1 heterocycles. The van der Waals surface area contributed by atoms with Crippen molar-refractivity contribution in [2.45, 2.75) is 31.7 Å². The van der Waals surface area contributed by atoms with Gasteiger partial charge in [0.05, 0.1) is 31.1 Å².